The summed E-state index contributed by atoms with van der Waals surface area (Å²) < 4.78 is 28.8. The van der Waals surface area contributed by atoms with Gasteiger partial charge in [0.1, 0.15) is 11.6 Å². The van der Waals surface area contributed by atoms with Crippen molar-refractivity contribution in [1.29, 1.82) is 0 Å². The van der Waals surface area contributed by atoms with E-state index in [-0.39, 0.29) is 11.5 Å². The number of hydrogen-bond donors (Lipinski definition) is 2. The van der Waals surface area contributed by atoms with Gasteiger partial charge in [-0.15, -0.1) is 0 Å². The highest BCUT2D eigenvalue weighted by Gasteiger charge is 2.12. The number of carbonyl (C=O) groups is 1. The highest BCUT2D eigenvalue weighted by atomic mass is 19.1. The standard InChI is InChI=1S/C22H23F2N5O/c1-14-20(15(2)29(3)28-14)10-11-25-22(26-19-9-5-8-18(24)13-19)27-21(30)16-6-4-7-17(23)12-16/h4-9,12-13H,10-11H2,1-3H3,(H2,25,26,27,30). The molecule has 6 nitrogen and oxygen atoms in total. The van der Waals surface area contributed by atoms with Gasteiger partial charge in [0.05, 0.1) is 5.69 Å². The molecule has 0 aliphatic heterocycles. The van der Waals surface area contributed by atoms with E-state index >= 15 is 0 Å². The zero-order valence-electron chi connectivity index (χ0n) is 17.0. The minimum Gasteiger partial charge on any atom is -0.326 e. The fourth-order valence-corrected chi connectivity index (χ4v) is 3.08. The third kappa shape index (κ3) is 5.28. The fraction of sp³-hybridized carbons (Fsp3) is 0.227. The number of nitrogens with one attached hydrogen (secondary N) is 2. The maximum absolute atomic E-state index is 13.5. The highest BCUT2D eigenvalue weighted by molar-refractivity contribution is 6.09. The van der Waals surface area contributed by atoms with Crippen LogP contribution in [0.15, 0.2) is 53.5 Å². The molecule has 0 aliphatic rings. The third-order valence-corrected chi connectivity index (χ3v) is 4.70. The lowest BCUT2D eigenvalue weighted by atomic mass is 10.1. The van der Waals surface area contributed by atoms with E-state index in [2.05, 4.69) is 20.7 Å². The number of halogens is 2. The van der Waals surface area contributed by atoms with Gasteiger partial charge in [0.15, 0.2) is 0 Å². The number of aliphatic imine (C=N–C) groups is 1. The molecule has 2 aromatic carbocycles. The van der Waals surface area contributed by atoms with E-state index in [1.54, 1.807) is 12.1 Å². The molecule has 0 fully saturated rings. The van der Waals surface area contributed by atoms with Crippen LogP contribution < -0.4 is 10.6 Å². The molecule has 2 N–H and O–H groups in total. The van der Waals surface area contributed by atoms with Gasteiger partial charge in [0.25, 0.3) is 5.91 Å². The van der Waals surface area contributed by atoms with Crippen molar-refractivity contribution in [1.82, 2.24) is 15.1 Å². The first-order chi connectivity index (χ1) is 14.3. The van der Waals surface area contributed by atoms with Crippen LogP contribution in [-0.4, -0.2) is 28.2 Å². The van der Waals surface area contributed by atoms with Crippen LogP contribution in [0.25, 0.3) is 0 Å². The van der Waals surface area contributed by atoms with Gasteiger partial charge in [0, 0.05) is 30.5 Å². The van der Waals surface area contributed by atoms with Crippen molar-refractivity contribution in [3.63, 3.8) is 0 Å². The molecule has 1 aromatic heterocycles. The molecule has 1 heterocycles. The van der Waals surface area contributed by atoms with Crippen molar-refractivity contribution in [3.05, 3.63) is 82.7 Å². The van der Waals surface area contributed by atoms with Crippen LogP contribution in [0.1, 0.15) is 27.3 Å². The van der Waals surface area contributed by atoms with Crippen LogP contribution >= 0.6 is 0 Å². The Labute approximate surface area is 173 Å². The quantitative estimate of drug-likeness (QED) is 0.496. The predicted molar refractivity (Wildman–Crippen MR) is 113 cm³/mol. The van der Waals surface area contributed by atoms with Crippen LogP contribution in [0.5, 0.6) is 0 Å². The summed E-state index contributed by atoms with van der Waals surface area (Å²) in [5.74, 6) is -1.31. The number of aryl methyl sites for hydroxylation is 2. The summed E-state index contributed by atoms with van der Waals surface area (Å²) in [6.45, 7) is 4.29. The molecule has 156 valence electrons. The smallest absolute Gasteiger partial charge is 0.258 e. The molecule has 0 spiro atoms. The summed E-state index contributed by atoms with van der Waals surface area (Å²) in [4.78, 5) is 17.0. The van der Waals surface area contributed by atoms with Gasteiger partial charge in [0.2, 0.25) is 5.96 Å². The summed E-state index contributed by atoms with van der Waals surface area (Å²) in [5, 5.41) is 9.95. The maximum Gasteiger partial charge on any atom is 0.258 e. The number of hydrogen-bond acceptors (Lipinski definition) is 3. The Bertz CT molecular complexity index is 1090. The molecule has 0 aliphatic carbocycles. The maximum atomic E-state index is 13.5. The van der Waals surface area contributed by atoms with Crippen LogP contribution in [0, 0.1) is 25.5 Å². The van der Waals surface area contributed by atoms with Crippen molar-refractivity contribution < 1.29 is 13.6 Å². The van der Waals surface area contributed by atoms with Crippen LogP contribution in [-0.2, 0) is 13.5 Å². The minimum absolute atomic E-state index is 0.147. The van der Waals surface area contributed by atoms with E-state index in [1.165, 1.54) is 30.3 Å². The first-order valence-corrected chi connectivity index (χ1v) is 9.46. The van der Waals surface area contributed by atoms with Gasteiger partial charge in [-0.3, -0.25) is 19.8 Å². The fourth-order valence-electron chi connectivity index (χ4n) is 3.08. The molecule has 0 unspecified atom stereocenters. The first-order valence-electron chi connectivity index (χ1n) is 9.46. The van der Waals surface area contributed by atoms with Gasteiger partial charge < -0.3 is 5.32 Å². The largest absolute Gasteiger partial charge is 0.326 e. The lowest BCUT2D eigenvalue weighted by Crippen LogP contribution is -2.36. The van der Waals surface area contributed by atoms with E-state index in [9.17, 15) is 13.6 Å². The van der Waals surface area contributed by atoms with Gasteiger partial charge >= 0.3 is 0 Å². The lowest BCUT2D eigenvalue weighted by molar-refractivity contribution is 0.0976. The van der Waals surface area contributed by atoms with E-state index in [1.807, 2.05) is 25.6 Å². The molecule has 30 heavy (non-hydrogen) atoms. The summed E-state index contributed by atoms with van der Waals surface area (Å²) in [6, 6.07) is 11.2. The monoisotopic (exact) mass is 411 g/mol. The van der Waals surface area contributed by atoms with Crippen molar-refractivity contribution in [2.75, 3.05) is 11.9 Å². The minimum atomic E-state index is -0.522. The second-order valence-corrected chi connectivity index (χ2v) is 6.85. The summed E-state index contributed by atoms with van der Waals surface area (Å²) in [5.41, 5.74) is 3.65. The highest BCUT2D eigenvalue weighted by Crippen LogP contribution is 2.13. The number of carbonyl (C=O) groups excluding carboxylic acids is 1. The van der Waals surface area contributed by atoms with Crippen molar-refractivity contribution in [2.45, 2.75) is 20.3 Å². The summed E-state index contributed by atoms with van der Waals surface area (Å²) in [7, 11) is 1.88. The number of amides is 1. The van der Waals surface area contributed by atoms with Crippen molar-refractivity contribution in [2.24, 2.45) is 12.0 Å². The van der Waals surface area contributed by atoms with E-state index in [0.717, 1.165) is 23.0 Å². The molecular formula is C22H23F2N5O. The second kappa shape index (κ2) is 9.30. The average molecular weight is 411 g/mol. The average Bonchev–Trinajstić information content (AvgIpc) is 2.94. The molecule has 0 saturated carbocycles. The molecule has 3 rings (SSSR count). The van der Waals surface area contributed by atoms with Crippen LogP contribution in [0.4, 0.5) is 14.5 Å². The number of rotatable bonds is 5. The Morgan fingerprint density at radius 3 is 2.43 bits per heavy atom. The predicted octanol–water partition coefficient (Wildman–Crippen LogP) is 3.76. The van der Waals surface area contributed by atoms with Crippen molar-refractivity contribution >= 4 is 17.6 Å². The third-order valence-electron chi connectivity index (χ3n) is 4.70. The Morgan fingerprint density at radius 1 is 1.10 bits per heavy atom. The van der Waals surface area contributed by atoms with Crippen LogP contribution in [0.2, 0.25) is 0 Å². The number of nitrogens with zero attached hydrogens (tertiary/aromatic N) is 3. The summed E-state index contributed by atoms with van der Waals surface area (Å²) >= 11 is 0. The second-order valence-electron chi connectivity index (χ2n) is 6.85. The molecule has 0 atom stereocenters. The first kappa shape index (κ1) is 21.2. The SMILES string of the molecule is Cc1nn(C)c(C)c1CCN=C(NC(=O)c1cccc(F)c1)Nc1cccc(F)c1. The molecule has 0 saturated heterocycles. The van der Waals surface area contributed by atoms with Gasteiger partial charge in [-0.25, -0.2) is 8.78 Å². The molecule has 1 amide bonds. The van der Waals surface area contributed by atoms with E-state index in [4.69, 9.17) is 0 Å². The number of aromatic nitrogens is 2. The molecular weight excluding hydrogens is 388 g/mol. The Hall–Kier alpha value is -3.55. The molecule has 0 radical (unpaired) electrons. The van der Waals surface area contributed by atoms with Crippen LogP contribution in [0.3, 0.4) is 0 Å². The molecule has 0 bridgehead atoms. The van der Waals surface area contributed by atoms with Crippen molar-refractivity contribution in [3.8, 4) is 0 Å². The number of guanidine groups is 1. The zero-order chi connectivity index (χ0) is 21.7. The van der Waals surface area contributed by atoms with Gasteiger partial charge in [-0.1, -0.05) is 12.1 Å². The Morgan fingerprint density at radius 2 is 1.80 bits per heavy atom. The Kier molecular flexibility index (Phi) is 6.56. The normalized spacial score (nSPS) is 11.4. The molecule has 3 aromatic rings. The van der Waals surface area contributed by atoms with Gasteiger partial charge in [-0.2, -0.15) is 5.10 Å². The molecule has 8 heteroatoms. The lowest BCUT2D eigenvalue weighted by Gasteiger charge is -2.12. The van der Waals surface area contributed by atoms with E-state index in [0.29, 0.717) is 18.7 Å². The summed E-state index contributed by atoms with van der Waals surface area (Å²) in [6.07, 6.45) is 0.621. The zero-order valence-corrected chi connectivity index (χ0v) is 17.0. The number of benzene rings is 2. The number of anilines is 1. The van der Waals surface area contributed by atoms with E-state index < -0.39 is 17.5 Å². The van der Waals surface area contributed by atoms with Gasteiger partial charge in [-0.05, 0) is 62.2 Å². The topological polar surface area (TPSA) is 71.3 Å². The Balaban J connectivity index is 1.79.